The van der Waals surface area contributed by atoms with Gasteiger partial charge >= 0.3 is 0 Å². The number of carbonyl (C=O) groups excluding carboxylic acids is 1. The molecule has 0 bridgehead atoms. The summed E-state index contributed by atoms with van der Waals surface area (Å²) in [6, 6.07) is 11.9. The molecule has 2 N–H and O–H groups in total. The van der Waals surface area contributed by atoms with E-state index in [0.29, 0.717) is 28.0 Å². The number of carbonyl (C=O) groups is 1. The first-order valence-electron chi connectivity index (χ1n) is 6.65. The first-order chi connectivity index (χ1) is 10.6. The quantitative estimate of drug-likeness (QED) is 0.633. The molecule has 0 aromatic heterocycles. The molecule has 1 amide bonds. The van der Waals surface area contributed by atoms with Crippen LogP contribution in [0.15, 0.2) is 52.0 Å². The Hall–Kier alpha value is -2.34. The zero-order valence-electron chi connectivity index (χ0n) is 11.9. The van der Waals surface area contributed by atoms with E-state index in [1.807, 2.05) is 13.0 Å². The van der Waals surface area contributed by atoms with Gasteiger partial charge in [0.1, 0.15) is 0 Å². The molecule has 0 aliphatic rings. The summed E-state index contributed by atoms with van der Waals surface area (Å²) >= 11 is 3.31. The molecule has 0 unspecified atom stereocenters. The van der Waals surface area contributed by atoms with E-state index in [1.54, 1.807) is 30.3 Å². The highest BCUT2D eigenvalue weighted by Gasteiger charge is 2.07. The number of amides is 1. The molecule has 6 heteroatoms. The summed E-state index contributed by atoms with van der Waals surface area (Å²) in [5, 5.41) is 13.5. The number of hydrogen-bond acceptors (Lipinski definition) is 4. The maximum absolute atomic E-state index is 12.0. The van der Waals surface area contributed by atoms with Crippen LogP contribution in [0.5, 0.6) is 11.5 Å². The molecule has 0 saturated carbocycles. The van der Waals surface area contributed by atoms with Crippen LogP contribution in [0.2, 0.25) is 0 Å². The molecule has 0 aliphatic heterocycles. The minimum absolute atomic E-state index is 0.0660. The van der Waals surface area contributed by atoms with Crippen molar-refractivity contribution in [3.8, 4) is 11.5 Å². The molecule has 22 heavy (non-hydrogen) atoms. The van der Waals surface area contributed by atoms with Crippen LogP contribution in [-0.4, -0.2) is 23.8 Å². The Morgan fingerprint density at radius 2 is 2.14 bits per heavy atom. The van der Waals surface area contributed by atoms with E-state index in [9.17, 15) is 9.90 Å². The van der Waals surface area contributed by atoms with Gasteiger partial charge in [-0.25, -0.2) is 5.43 Å². The molecule has 114 valence electrons. The number of nitrogens with zero attached hydrogens (tertiary/aromatic N) is 1. The summed E-state index contributed by atoms with van der Waals surface area (Å²) < 4.78 is 5.98. The Labute approximate surface area is 136 Å². The van der Waals surface area contributed by atoms with Crippen molar-refractivity contribution in [3.63, 3.8) is 0 Å². The van der Waals surface area contributed by atoms with Gasteiger partial charge < -0.3 is 9.84 Å². The Kier molecular flexibility index (Phi) is 5.55. The fourth-order valence-electron chi connectivity index (χ4n) is 1.75. The molecule has 2 aromatic carbocycles. The second kappa shape index (κ2) is 7.61. The summed E-state index contributed by atoms with van der Waals surface area (Å²) in [4.78, 5) is 12.0. The molecule has 0 spiro atoms. The van der Waals surface area contributed by atoms with Crippen LogP contribution < -0.4 is 10.2 Å². The van der Waals surface area contributed by atoms with E-state index < -0.39 is 0 Å². The number of hydrogen-bond donors (Lipinski definition) is 2. The van der Waals surface area contributed by atoms with Crippen LogP contribution in [0, 0.1) is 0 Å². The van der Waals surface area contributed by atoms with Crippen molar-refractivity contribution in [2.75, 3.05) is 6.61 Å². The fraction of sp³-hybridized carbons (Fsp3) is 0.125. The monoisotopic (exact) mass is 362 g/mol. The molecule has 0 radical (unpaired) electrons. The molecular weight excluding hydrogens is 348 g/mol. The Morgan fingerprint density at radius 1 is 1.36 bits per heavy atom. The van der Waals surface area contributed by atoms with Crippen LogP contribution in [0.25, 0.3) is 0 Å². The molecule has 2 rings (SSSR count). The number of nitrogens with one attached hydrogen (secondary N) is 1. The van der Waals surface area contributed by atoms with Crippen molar-refractivity contribution in [2.45, 2.75) is 6.92 Å². The largest absolute Gasteiger partial charge is 0.504 e. The standard InChI is InChI=1S/C16H15BrN2O3/c1-2-22-15-9-11(7-8-14(15)20)10-18-19-16(21)12-5-3-4-6-13(12)17/h3-10,20H,2H2,1H3,(H,19,21). The number of phenolic OH excluding ortho intramolecular Hbond substituents is 1. The first kappa shape index (κ1) is 16.0. The summed E-state index contributed by atoms with van der Waals surface area (Å²) in [6.45, 7) is 2.28. The van der Waals surface area contributed by atoms with Gasteiger partial charge in [0, 0.05) is 4.47 Å². The van der Waals surface area contributed by atoms with Gasteiger partial charge in [0.25, 0.3) is 5.91 Å². The van der Waals surface area contributed by atoms with Crippen LogP contribution >= 0.6 is 15.9 Å². The predicted octanol–water partition coefficient (Wildman–Crippen LogP) is 3.32. The van der Waals surface area contributed by atoms with Crippen LogP contribution in [0.4, 0.5) is 0 Å². The van der Waals surface area contributed by atoms with Crippen LogP contribution in [0.1, 0.15) is 22.8 Å². The van der Waals surface area contributed by atoms with Crippen molar-refractivity contribution in [2.24, 2.45) is 5.10 Å². The molecular formula is C16H15BrN2O3. The minimum atomic E-state index is -0.312. The predicted molar refractivity (Wildman–Crippen MR) is 88.5 cm³/mol. The third-order valence-corrected chi connectivity index (χ3v) is 3.47. The fourth-order valence-corrected chi connectivity index (χ4v) is 2.22. The smallest absolute Gasteiger partial charge is 0.272 e. The highest BCUT2D eigenvalue weighted by molar-refractivity contribution is 9.10. The van der Waals surface area contributed by atoms with E-state index in [2.05, 4.69) is 26.5 Å². The van der Waals surface area contributed by atoms with Crippen LogP contribution in [-0.2, 0) is 0 Å². The lowest BCUT2D eigenvalue weighted by Crippen LogP contribution is -2.18. The Morgan fingerprint density at radius 3 is 2.86 bits per heavy atom. The molecule has 0 atom stereocenters. The van der Waals surface area contributed by atoms with Crippen molar-refractivity contribution in [1.82, 2.24) is 5.43 Å². The average molecular weight is 363 g/mol. The Bertz CT molecular complexity index is 702. The third-order valence-electron chi connectivity index (χ3n) is 2.78. The topological polar surface area (TPSA) is 70.9 Å². The van der Waals surface area contributed by atoms with E-state index in [1.165, 1.54) is 12.3 Å². The maximum Gasteiger partial charge on any atom is 0.272 e. The summed E-state index contributed by atoms with van der Waals surface area (Å²) in [5.74, 6) is 0.132. The average Bonchev–Trinajstić information content (AvgIpc) is 2.51. The number of hydrazone groups is 1. The second-order valence-corrected chi connectivity index (χ2v) is 5.19. The number of rotatable bonds is 5. The lowest BCUT2D eigenvalue weighted by molar-refractivity contribution is 0.0954. The summed E-state index contributed by atoms with van der Waals surface area (Å²) in [7, 11) is 0. The van der Waals surface area contributed by atoms with E-state index >= 15 is 0 Å². The van der Waals surface area contributed by atoms with Crippen molar-refractivity contribution < 1.29 is 14.6 Å². The maximum atomic E-state index is 12.0. The molecule has 0 saturated heterocycles. The summed E-state index contributed by atoms with van der Waals surface area (Å²) in [5.41, 5.74) is 3.65. The first-order valence-corrected chi connectivity index (χ1v) is 7.45. The van der Waals surface area contributed by atoms with E-state index in [-0.39, 0.29) is 11.7 Å². The van der Waals surface area contributed by atoms with Gasteiger partial charge in [0.05, 0.1) is 18.4 Å². The van der Waals surface area contributed by atoms with Gasteiger partial charge in [-0.1, -0.05) is 12.1 Å². The number of aromatic hydroxyl groups is 1. The highest BCUT2D eigenvalue weighted by atomic mass is 79.9. The third kappa shape index (κ3) is 4.08. The zero-order chi connectivity index (χ0) is 15.9. The number of phenols is 1. The van der Waals surface area contributed by atoms with Crippen LogP contribution in [0.3, 0.4) is 0 Å². The number of halogens is 1. The highest BCUT2D eigenvalue weighted by Crippen LogP contribution is 2.26. The number of ether oxygens (including phenoxy) is 1. The normalized spacial score (nSPS) is 10.6. The minimum Gasteiger partial charge on any atom is -0.504 e. The SMILES string of the molecule is CCOc1cc(C=NNC(=O)c2ccccc2Br)ccc1O. The van der Waals surface area contributed by atoms with Gasteiger partial charge in [-0.2, -0.15) is 5.10 Å². The van der Waals surface area contributed by atoms with E-state index in [0.717, 1.165) is 0 Å². The molecule has 5 nitrogen and oxygen atoms in total. The van der Waals surface area contributed by atoms with Gasteiger partial charge in [-0.05, 0) is 58.7 Å². The lowest BCUT2D eigenvalue weighted by atomic mass is 10.2. The molecule has 2 aromatic rings. The Balaban J connectivity index is 2.05. The van der Waals surface area contributed by atoms with Gasteiger partial charge in [0.2, 0.25) is 0 Å². The van der Waals surface area contributed by atoms with Gasteiger partial charge in [0.15, 0.2) is 11.5 Å². The molecule has 0 heterocycles. The van der Waals surface area contributed by atoms with Crippen molar-refractivity contribution in [1.29, 1.82) is 0 Å². The van der Waals surface area contributed by atoms with Gasteiger partial charge in [-0.3, -0.25) is 4.79 Å². The van der Waals surface area contributed by atoms with Crippen molar-refractivity contribution in [3.05, 3.63) is 58.1 Å². The zero-order valence-corrected chi connectivity index (χ0v) is 13.5. The lowest BCUT2D eigenvalue weighted by Gasteiger charge is -2.06. The van der Waals surface area contributed by atoms with Gasteiger partial charge in [-0.15, -0.1) is 0 Å². The van der Waals surface area contributed by atoms with E-state index in [4.69, 9.17) is 4.74 Å². The molecule has 0 fully saturated rings. The summed E-state index contributed by atoms with van der Waals surface area (Å²) in [6.07, 6.45) is 1.48. The number of benzene rings is 2. The van der Waals surface area contributed by atoms with Crippen molar-refractivity contribution >= 4 is 28.1 Å². The molecule has 0 aliphatic carbocycles. The second-order valence-electron chi connectivity index (χ2n) is 4.34.